The Morgan fingerprint density at radius 3 is 0.776 bits per heavy atom. The fourth-order valence-electron chi connectivity index (χ4n) is 13.4. The Bertz CT molecular complexity index is 5260. The maximum absolute atomic E-state index is 8.89. The van der Waals surface area contributed by atoms with E-state index in [0.717, 1.165) is 72.1 Å². The molecule has 18 rings (SSSR count). The Kier molecular flexibility index (Phi) is 40.0. The van der Waals surface area contributed by atoms with Gasteiger partial charge in [0.15, 0.2) is 5.15 Å². The van der Waals surface area contributed by atoms with Crippen molar-refractivity contribution in [2.24, 2.45) is 0 Å². The summed E-state index contributed by atoms with van der Waals surface area (Å²) in [6.45, 7) is 2.10. The Hall–Kier alpha value is -9.94. The molecule has 0 atom stereocenters. The Labute approximate surface area is 777 Å². The summed E-state index contributed by atoms with van der Waals surface area (Å²) in [7, 11) is -3.33. The molecular weight excluding hydrogens is 1820 g/mol. The van der Waals surface area contributed by atoms with Crippen molar-refractivity contribution in [3.05, 3.63) is 463 Å². The number of hydrogen-bond donors (Lipinski definition) is 4. The molecule has 0 spiro atoms. The molecule has 0 fully saturated rings. The smallest absolute Gasteiger partial charge is 0.423 e. The van der Waals surface area contributed by atoms with Crippen LogP contribution in [-0.2, 0) is 33.5 Å². The number of nitrogens with zero attached hydrogens (tertiary/aromatic N) is 6. The number of aliphatic hydroxyl groups excluding tert-OH is 2. The van der Waals surface area contributed by atoms with Gasteiger partial charge < -0.3 is 29.4 Å². The summed E-state index contributed by atoms with van der Waals surface area (Å²) in [5.41, 5.74) is 5.38. The minimum absolute atomic E-state index is 0. The molecule has 630 valence electrons. The second-order valence-electron chi connectivity index (χ2n) is 27.8. The van der Waals surface area contributed by atoms with Crippen molar-refractivity contribution in [2.45, 2.75) is 38.8 Å². The van der Waals surface area contributed by atoms with Gasteiger partial charge in [-0.15, -0.1) is 0 Å². The van der Waals surface area contributed by atoms with Crippen LogP contribution in [-0.4, -0.2) is 69.7 Å². The third kappa shape index (κ3) is 28.5. The predicted molar refractivity (Wildman–Crippen MR) is 535 cm³/mol. The van der Waals surface area contributed by atoms with Crippen molar-refractivity contribution in [1.82, 2.24) is 29.1 Å². The molecule has 4 N–H and O–H groups in total. The zero-order valence-electron chi connectivity index (χ0n) is 68.3. The molecule has 18 aromatic rings. The van der Waals surface area contributed by atoms with E-state index in [4.69, 9.17) is 78.3 Å². The number of pyridine rings is 2. The van der Waals surface area contributed by atoms with Gasteiger partial charge in [-0.25, -0.2) is 15.0 Å². The molecule has 0 aliphatic heterocycles. The minimum atomic E-state index is -1.54. The van der Waals surface area contributed by atoms with E-state index in [1.807, 2.05) is 22.8 Å². The summed E-state index contributed by atoms with van der Waals surface area (Å²) in [4.78, 5) is 17.1. The van der Waals surface area contributed by atoms with Gasteiger partial charge in [0.1, 0.15) is 11.0 Å². The number of rotatable bonds is 22. The standard InChI is InChI=1S/4C18H15P.C16H15Cl2N3O.C10H12ClN3O.C6H5BCl2O2.Pd/c4*1-4-10-16(11-5-1)19(17-12-6-2-7-13-17)18-14-8-3-9-15-18;17-11-3-4-12(13(18)9-11)15-16-14(5-6-19-15)21(10-20-16)7-1-2-8-22;11-10-9-8(3-4-12-10)14(7-13-9)5-1-2-6-15;8-4-1-2-5(7(10)11)6(9)3-4;/h4*1-15H;3-6,9-10,22H,1-2,7-8H2;3-4,7,15H,1-2,5-6H2;1-3,10-11H;. The summed E-state index contributed by atoms with van der Waals surface area (Å²) in [5, 5.41) is 54.1. The first-order chi connectivity index (χ1) is 60.9. The quantitative estimate of drug-likeness (QED) is 0.0227. The summed E-state index contributed by atoms with van der Waals surface area (Å²) in [6.07, 6.45) is 10.4. The van der Waals surface area contributed by atoms with Gasteiger partial charge in [0.2, 0.25) is 0 Å². The molecule has 21 heteroatoms. The SMILES string of the molecule is OB(O)c1ccc(Cl)cc1Cl.OCCCCn1cnc2c(-c3ccc(Cl)cc3Cl)nccc21.OCCCCn1cnc2c(Cl)nccc21.[Pd].c1ccc(P(c2ccccc2)c2ccccc2)cc1.c1ccc(P(c2ccccc2)c2ccccc2)cc1.c1ccc(P(c2ccccc2)c2ccccc2)cc1.c1ccc(P(c2ccccc2)c2ccccc2)cc1. The van der Waals surface area contributed by atoms with Crippen LogP contribution in [0.2, 0.25) is 25.2 Å². The van der Waals surface area contributed by atoms with E-state index in [1.165, 1.54) is 75.8 Å². The molecule has 0 amide bonds. The molecule has 125 heavy (non-hydrogen) atoms. The van der Waals surface area contributed by atoms with E-state index < -0.39 is 38.8 Å². The fraction of sp³-hybridized carbons (Fsp3) is 0.0769. The third-order valence-corrected chi connectivity index (χ3v) is 30.4. The largest absolute Gasteiger partial charge is 0.489 e. The van der Waals surface area contributed by atoms with Crippen molar-refractivity contribution < 1.29 is 40.7 Å². The summed E-state index contributed by atoms with van der Waals surface area (Å²) < 4.78 is 4.10. The maximum atomic E-state index is 8.89. The molecule has 0 saturated heterocycles. The number of unbranched alkanes of at least 4 members (excludes halogenated alkanes) is 2. The average molecular weight is 1910 g/mol. The number of aromatic nitrogens is 6. The molecule has 4 heterocycles. The van der Waals surface area contributed by atoms with Crippen molar-refractivity contribution in [3.63, 3.8) is 0 Å². The molecule has 0 radical (unpaired) electrons. The van der Waals surface area contributed by atoms with Crippen molar-refractivity contribution in [2.75, 3.05) is 13.2 Å². The van der Waals surface area contributed by atoms with Crippen LogP contribution in [0.1, 0.15) is 25.7 Å². The zero-order chi connectivity index (χ0) is 86.3. The molecule has 0 unspecified atom stereocenters. The van der Waals surface area contributed by atoms with Gasteiger partial charge in [0.25, 0.3) is 0 Å². The van der Waals surface area contributed by atoms with Crippen molar-refractivity contribution >= 4 is 188 Å². The van der Waals surface area contributed by atoms with E-state index in [-0.39, 0.29) is 44.1 Å². The third-order valence-electron chi connectivity index (χ3n) is 19.2. The molecule has 0 saturated carbocycles. The first kappa shape index (κ1) is 95.7. The van der Waals surface area contributed by atoms with Crippen molar-refractivity contribution in [1.29, 1.82) is 0 Å². The van der Waals surface area contributed by atoms with Crippen LogP contribution < -0.4 is 69.1 Å². The number of halogens is 5. The van der Waals surface area contributed by atoms with Crippen LogP contribution in [0.5, 0.6) is 0 Å². The monoisotopic (exact) mass is 1900 g/mol. The number of imidazole rings is 2. The topological polar surface area (TPSA) is 142 Å². The van der Waals surface area contributed by atoms with Gasteiger partial charge in [-0.05, 0) is 163 Å². The van der Waals surface area contributed by atoms with Gasteiger partial charge in [0, 0.05) is 85.2 Å². The normalized spacial score (nSPS) is 10.6. The molecule has 0 aliphatic rings. The van der Waals surface area contributed by atoms with E-state index in [2.05, 4.69) is 388 Å². The number of hydrogen-bond acceptors (Lipinski definition) is 8. The molecule has 14 aromatic carbocycles. The van der Waals surface area contributed by atoms with E-state index in [9.17, 15) is 0 Å². The summed E-state index contributed by atoms with van der Waals surface area (Å²) in [5.74, 6) is 0. The van der Waals surface area contributed by atoms with Crippen molar-refractivity contribution in [3.8, 4) is 11.3 Å². The first-order valence-electron chi connectivity index (χ1n) is 40.5. The van der Waals surface area contributed by atoms with Crippen LogP contribution in [0, 0.1) is 0 Å². The minimum Gasteiger partial charge on any atom is -0.423 e. The van der Waals surface area contributed by atoms with Gasteiger partial charge in [0.05, 0.1) is 34.4 Å². The van der Waals surface area contributed by atoms with Crippen LogP contribution in [0.25, 0.3) is 33.3 Å². The molecule has 4 aromatic heterocycles. The van der Waals surface area contributed by atoms with Gasteiger partial charge in [-0.3, -0.25) is 4.98 Å². The molecule has 10 nitrogen and oxygen atoms in total. The van der Waals surface area contributed by atoms with E-state index in [0.29, 0.717) is 20.2 Å². The Morgan fingerprint density at radius 2 is 0.520 bits per heavy atom. The average Bonchev–Trinajstić information content (AvgIpc) is 1.71. The summed E-state index contributed by atoms with van der Waals surface area (Å²) >= 11 is 29.3. The number of aliphatic hydroxyl groups is 2. The van der Waals surface area contributed by atoms with Crippen LogP contribution in [0.3, 0.4) is 0 Å². The predicted octanol–water partition coefficient (Wildman–Crippen LogP) is 20.5. The maximum Gasteiger partial charge on any atom is 0.489 e. The molecular formula is C104H92BCl5N6O4P4Pd. The van der Waals surface area contributed by atoms with Crippen LogP contribution in [0.15, 0.2) is 438 Å². The number of benzene rings is 14. The Morgan fingerprint density at radius 1 is 0.272 bits per heavy atom. The summed E-state index contributed by atoms with van der Waals surface area (Å²) in [6, 6.07) is 143. The molecule has 0 bridgehead atoms. The molecule has 0 aliphatic carbocycles. The van der Waals surface area contributed by atoms with Gasteiger partial charge in [-0.1, -0.05) is 428 Å². The van der Waals surface area contributed by atoms with E-state index >= 15 is 0 Å². The number of aryl methyl sites for hydroxylation is 2. The van der Waals surface area contributed by atoms with Gasteiger partial charge in [-0.2, -0.15) is 0 Å². The second-order valence-corrected chi connectivity index (χ2v) is 38.7. The zero-order valence-corrected chi connectivity index (χ0v) is 77.2. The Balaban J connectivity index is 0.000000143. The number of fused-ring (bicyclic) bond motifs is 2. The second kappa shape index (κ2) is 52.2. The fourth-order valence-corrected chi connectivity index (χ4v) is 23.8. The first-order valence-corrected chi connectivity index (χ1v) is 47.7. The van der Waals surface area contributed by atoms with Crippen LogP contribution >= 0.6 is 89.7 Å². The van der Waals surface area contributed by atoms with Gasteiger partial charge >= 0.3 is 7.12 Å². The van der Waals surface area contributed by atoms with E-state index in [1.54, 1.807) is 43.2 Å². The van der Waals surface area contributed by atoms with Crippen LogP contribution in [0.4, 0.5) is 0 Å².